The number of carboxylic acids is 1. The molecule has 0 bridgehead atoms. The summed E-state index contributed by atoms with van der Waals surface area (Å²) in [6, 6.07) is 12.5. The van der Waals surface area contributed by atoms with Gasteiger partial charge >= 0.3 is 12.1 Å². The highest BCUT2D eigenvalue weighted by Crippen LogP contribution is 2.40. The Balaban J connectivity index is 1.94. The van der Waals surface area contributed by atoms with E-state index in [2.05, 4.69) is 4.90 Å². The number of halogens is 4. The Morgan fingerprint density at radius 1 is 1.00 bits per heavy atom. The molecule has 8 heteroatoms. The van der Waals surface area contributed by atoms with Gasteiger partial charge in [0.2, 0.25) is 0 Å². The van der Waals surface area contributed by atoms with Crippen LogP contribution in [0.4, 0.5) is 17.6 Å². The topological polar surface area (TPSA) is 53.4 Å². The average Bonchev–Trinajstić information content (AvgIpc) is 2.90. The second kappa shape index (κ2) is 11.2. The molecule has 1 N–H and O–H groups in total. The molecule has 0 amide bonds. The van der Waals surface area contributed by atoms with Crippen molar-refractivity contribution in [3.05, 3.63) is 89.0 Å². The average molecular weight is 529 g/mol. The number of nitrogens with zero attached hydrogens (tertiary/aromatic N) is 2. The highest BCUT2D eigenvalue weighted by atomic mass is 19.4. The molecular weight excluding hydrogens is 496 g/mol. The first-order chi connectivity index (χ1) is 18.0. The first-order valence-corrected chi connectivity index (χ1v) is 13.0. The van der Waals surface area contributed by atoms with E-state index < -0.39 is 23.1 Å². The molecular formula is C30H32F4N2O2. The van der Waals surface area contributed by atoms with Crippen LogP contribution in [-0.2, 0) is 16.4 Å². The third kappa shape index (κ3) is 5.75. The predicted octanol–water partition coefficient (Wildman–Crippen LogP) is 7.62. The first-order valence-electron chi connectivity index (χ1n) is 13.0. The number of pyridine rings is 1. The van der Waals surface area contributed by atoms with E-state index in [0.29, 0.717) is 35.2 Å². The summed E-state index contributed by atoms with van der Waals surface area (Å²) in [5.41, 5.74) is 1.01. The third-order valence-corrected chi connectivity index (χ3v) is 7.50. The summed E-state index contributed by atoms with van der Waals surface area (Å²) >= 11 is 0. The maximum Gasteiger partial charge on any atom is 0.416 e. The number of aromatic nitrogens is 1. The fourth-order valence-electron chi connectivity index (χ4n) is 5.30. The van der Waals surface area contributed by atoms with Gasteiger partial charge in [-0.2, -0.15) is 13.2 Å². The Labute approximate surface area is 220 Å². The summed E-state index contributed by atoms with van der Waals surface area (Å²) < 4.78 is 53.7. The van der Waals surface area contributed by atoms with Crippen LogP contribution in [0, 0.1) is 5.82 Å². The molecule has 1 aromatic heterocycles. The molecule has 0 aliphatic carbocycles. The van der Waals surface area contributed by atoms with Gasteiger partial charge in [0.25, 0.3) is 0 Å². The van der Waals surface area contributed by atoms with Crippen molar-refractivity contribution < 1.29 is 27.5 Å². The monoisotopic (exact) mass is 528 g/mol. The molecule has 0 spiro atoms. The number of rotatable bonds is 8. The SMILES string of the molecule is CCCC(C)(C(=O)O)c1cnc(C(c2ccc(F)cc2)N2CCCCC2)c(-c2ccc(C(F)(F)F)cc2)c1. The molecule has 3 aromatic rings. The standard InChI is InChI=1S/C30H32F4N2O2/c1-3-15-29(2,28(37)38)23-18-25(20-7-11-22(12-8-20)30(32,33)34)26(35-19-23)27(36-16-5-4-6-17-36)21-9-13-24(31)14-10-21/h7-14,18-19,27H,3-6,15-17H2,1-2H3,(H,37,38). The lowest BCUT2D eigenvalue weighted by Crippen LogP contribution is -2.36. The van der Waals surface area contributed by atoms with E-state index in [0.717, 1.165) is 50.0 Å². The Bertz CT molecular complexity index is 1250. The highest BCUT2D eigenvalue weighted by molar-refractivity contribution is 5.82. The molecule has 1 aliphatic rings. The van der Waals surface area contributed by atoms with Crippen molar-refractivity contribution in [1.29, 1.82) is 0 Å². The van der Waals surface area contributed by atoms with Gasteiger partial charge in [-0.25, -0.2) is 4.39 Å². The number of hydrogen-bond acceptors (Lipinski definition) is 3. The summed E-state index contributed by atoms with van der Waals surface area (Å²) in [4.78, 5) is 19.4. The van der Waals surface area contributed by atoms with Crippen molar-refractivity contribution in [3.8, 4) is 11.1 Å². The van der Waals surface area contributed by atoms with Gasteiger partial charge in [-0.15, -0.1) is 0 Å². The van der Waals surface area contributed by atoms with Crippen LogP contribution in [0.2, 0.25) is 0 Å². The van der Waals surface area contributed by atoms with E-state index in [1.54, 1.807) is 31.3 Å². The second-order valence-corrected chi connectivity index (χ2v) is 10.2. The molecule has 2 unspecified atom stereocenters. The molecule has 1 fully saturated rings. The number of benzene rings is 2. The molecule has 1 saturated heterocycles. The Hall–Kier alpha value is -3.26. The fraction of sp³-hybridized carbons (Fsp3) is 0.400. The second-order valence-electron chi connectivity index (χ2n) is 10.2. The highest BCUT2D eigenvalue weighted by Gasteiger charge is 2.37. The van der Waals surface area contributed by atoms with Gasteiger partial charge in [0.1, 0.15) is 5.82 Å². The minimum Gasteiger partial charge on any atom is -0.481 e. The number of carbonyl (C=O) groups is 1. The number of carboxylic acid groups (broad SMARTS) is 1. The van der Waals surface area contributed by atoms with Gasteiger partial charge in [-0.3, -0.25) is 14.7 Å². The van der Waals surface area contributed by atoms with Crippen LogP contribution in [0.3, 0.4) is 0 Å². The van der Waals surface area contributed by atoms with Gasteiger partial charge in [0.05, 0.1) is 22.7 Å². The largest absolute Gasteiger partial charge is 0.481 e. The molecule has 0 radical (unpaired) electrons. The van der Waals surface area contributed by atoms with E-state index >= 15 is 0 Å². The Kier molecular flexibility index (Phi) is 8.21. The van der Waals surface area contributed by atoms with Crippen molar-refractivity contribution in [2.45, 2.75) is 63.6 Å². The van der Waals surface area contributed by atoms with E-state index in [4.69, 9.17) is 4.98 Å². The summed E-state index contributed by atoms with van der Waals surface area (Å²) in [6.45, 7) is 5.13. The summed E-state index contributed by atoms with van der Waals surface area (Å²) in [7, 11) is 0. The van der Waals surface area contributed by atoms with Crippen molar-refractivity contribution >= 4 is 5.97 Å². The van der Waals surface area contributed by atoms with E-state index in [1.165, 1.54) is 24.3 Å². The fourth-order valence-corrected chi connectivity index (χ4v) is 5.30. The molecule has 2 aromatic carbocycles. The zero-order chi connectivity index (χ0) is 27.5. The van der Waals surface area contributed by atoms with Crippen LogP contribution >= 0.6 is 0 Å². The molecule has 1 aliphatic heterocycles. The van der Waals surface area contributed by atoms with Crippen molar-refractivity contribution in [3.63, 3.8) is 0 Å². The van der Waals surface area contributed by atoms with Crippen LogP contribution in [0.25, 0.3) is 11.1 Å². The van der Waals surface area contributed by atoms with Gasteiger partial charge in [-0.05, 0) is 86.3 Å². The quantitative estimate of drug-likeness (QED) is 0.306. The molecule has 2 heterocycles. The summed E-state index contributed by atoms with van der Waals surface area (Å²) in [5.74, 6) is -1.35. The molecule has 4 nitrogen and oxygen atoms in total. The minimum absolute atomic E-state index is 0.366. The number of aliphatic carboxylic acids is 1. The maximum absolute atomic E-state index is 13.8. The van der Waals surface area contributed by atoms with Gasteiger partial charge < -0.3 is 5.11 Å². The van der Waals surface area contributed by atoms with Crippen molar-refractivity contribution in [1.82, 2.24) is 9.88 Å². The Morgan fingerprint density at radius 3 is 2.18 bits per heavy atom. The van der Waals surface area contributed by atoms with Gasteiger partial charge in [0.15, 0.2) is 0 Å². The lowest BCUT2D eigenvalue weighted by molar-refractivity contribution is -0.143. The molecule has 2 atom stereocenters. The van der Waals surface area contributed by atoms with Crippen LogP contribution in [0.1, 0.15) is 74.4 Å². The minimum atomic E-state index is -4.48. The molecule has 0 saturated carbocycles. The zero-order valence-corrected chi connectivity index (χ0v) is 21.6. The van der Waals surface area contributed by atoms with Crippen LogP contribution in [-0.4, -0.2) is 34.0 Å². The van der Waals surface area contributed by atoms with Gasteiger partial charge in [-0.1, -0.05) is 44.0 Å². The summed E-state index contributed by atoms with van der Waals surface area (Å²) in [5, 5.41) is 10.1. The van der Waals surface area contributed by atoms with E-state index in [-0.39, 0.29) is 11.9 Å². The lowest BCUT2D eigenvalue weighted by atomic mass is 9.78. The summed E-state index contributed by atoms with van der Waals surface area (Å²) in [6.07, 6.45) is 1.17. The molecule has 202 valence electrons. The van der Waals surface area contributed by atoms with E-state index in [9.17, 15) is 27.5 Å². The predicted molar refractivity (Wildman–Crippen MR) is 138 cm³/mol. The van der Waals surface area contributed by atoms with Gasteiger partial charge in [0, 0.05) is 11.8 Å². The smallest absolute Gasteiger partial charge is 0.416 e. The maximum atomic E-state index is 13.8. The lowest BCUT2D eigenvalue weighted by Gasteiger charge is -2.36. The number of alkyl halides is 3. The van der Waals surface area contributed by atoms with Crippen molar-refractivity contribution in [2.75, 3.05) is 13.1 Å². The zero-order valence-electron chi connectivity index (χ0n) is 21.6. The van der Waals surface area contributed by atoms with Crippen LogP contribution in [0.5, 0.6) is 0 Å². The normalized spacial score (nSPS) is 17.1. The van der Waals surface area contributed by atoms with E-state index in [1.807, 2.05) is 6.92 Å². The van der Waals surface area contributed by atoms with Crippen LogP contribution in [0.15, 0.2) is 60.8 Å². The number of piperidine rings is 1. The number of hydrogen-bond donors (Lipinski definition) is 1. The van der Waals surface area contributed by atoms with Crippen LogP contribution < -0.4 is 0 Å². The van der Waals surface area contributed by atoms with Crippen molar-refractivity contribution in [2.24, 2.45) is 0 Å². The molecule has 4 rings (SSSR count). The molecule has 38 heavy (non-hydrogen) atoms. The Morgan fingerprint density at radius 2 is 1.63 bits per heavy atom. The first kappa shape index (κ1) is 27.8. The number of likely N-dealkylation sites (tertiary alicyclic amines) is 1. The third-order valence-electron chi connectivity index (χ3n) is 7.50.